The summed E-state index contributed by atoms with van der Waals surface area (Å²) < 4.78 is 6.79. The molecule has 1 aromatic heterocycles. The van der Waals surface area contributed by atoms with Crippen LogP contribution in [0.4, 0.5) is 5.82 Å². The van der Waals surface area contributed by atoms with E-state index in [1.807, 2.05) is 10.7 Å². The maximum absolute atomic E-state index is 5.79. The lowest BCUT2D eigenvalue weighted by molar-refractivity contribution is 0.184. The summed E-state index contributed by atoms with van der Waals surface area (Å²) >= 11 is 0. The van der Waals surface area contributed by atoms with Gasteiger partial charge in [-0.3, -0.25) is 0 Å². The third-order valence-corrected chi connectivity index (χ3v) is 2.33. The molecule has 1 aliphatic carbocycles. The zero-order valence-corrected chi connectivity index (χ0v) is 7.86. The normalized spacial score (nSPS) is 16.4. The molecule has 2 N–H and O–H groups in total. The summed E-state index contributed by atoms with van der Waals surface area (Å²) in [5.41, 5.74) is 6.94. The number of aromatic nitrogens is 2. The number of methoxy groups -OCH3 is 1. The van der Waals surface area contributed by atoms with Gasteiger partial charge in [-0.05, 0) is 12.8 Å². The minimum Gasteiger partial charge on any atom is -0.384 e. The molecule has 4 heteroatoms. The largest absolute Gasteiger partial charge is 0.384 e. The monoisotopic (exact) mass is 181 g/mol. The second-order valence-electron chi connectivity index (χ2n) is 3.48. The first-order valence-corrected chi connectivity index (χ1v) is 4.63. The summed E-state index contributed by atoms with van der Waals surface area (Å²) in [5.74, 6) is 1.42. The van der Waals surface area contributed by atoms with Gasteiger partial charge in [-0.1, -0.05) is 0 Å². The molecule has 1 fully saturated rings. The molecule has 13 heavy (non-hydrogen) atoms. The fourth-order valence-electron chi connectivity index (χ4n) is 1.39. The van der Waals surface area contributed by atoms with Gasteiger partial charge in [-0.15, -0.1) is 0 Å². The summed E-state index contributed by atoms with van der Waals surface area (Å²) in [6.07, 6.45) is 2.53. The predicted molar refractivity (Wildman–Crippen MR) is 50.5 cm³/mol. The van der Waals surface area contributed by atoms with E-state index in [-0.39, 0.29) is 0 Å². The van der Waals surface area contributed by atoms with Gasteiger partial charge in [-0.2, -0.15) is 5.10 Å². The molecule has 0 saturated heterocycles. The highest BCUT2D eigenvalue weighted by molar-refractivity contribution is 5.33. The molecule has 0 aromatic carbocycles. The molecule has 0 unspecified atom stereocenters. The summed E-state index contributed by atoms with van der Waals surface area (Å²) in [5, 5.41) is 4.42. The van der Waals surface area contributed by atoms with Crippen LogP contribution in [-0.2, 0) is 11.3 Å². The Morgan fingerprint density at radius 1 is 1.69 bits per heavy atom. The number of anilines is 1. The molecule has 1 heterocycles. The van der Waals surface area contributed by atoms with E-state index in [2.05, 4.69) is 5.10 Å². The van der Waals surface area contributed by atoms with Gasteiger partial charge in [0, 0.05) is 19.1 Å². The Balaban J connectivity index is 2.06. The highest BCUT2D eigenvalue weighted by atomic mass is 16.5. The van der Waals surface area contributed by atoms with Gasteiger partial charge in [0.1, 0.15) is 5.82 Å². The molecule has 0 bridgehead atoms. The number of rotatable bonds is 4. The van der Waals surface area contributed by atoms with E-state index in [1.54, 1.807) is 7.11 Å². The minimum atomic E-state index is 0.663. The summed E-state index contributed by atoms with van der Waals surface area (Å²) in [6.45, 7) is 1.41. The van der Waals surface area contributed by atoms with Crippen molar-refractivity contribution in [2.45, 2.75) is 25.3 Å². The van der Waals surface area contributed by atoms with Gasteiger partial charge in [0.15, 0.2) is 0 Å². The topological polar surface area (TPSA) is 53.1 Å². The van der Waals surface area contributed by atoms with Crippen LogP contribution in [0.25, 0.3) is 0 Å². The maximum Gasteiger partial charge on any atom is 0.122 e. The van der Waals surface area contributed by atoms with E-state index in [9.17, 15) is 0 Å². The minimum absolute atomic E-state index is 0.663. The van der Waals surface area contributed by atoms with Crippen molar-refractivity contribution in [1.82, 2.24) is 9.78 Å². The van der Waals surface area contributed by atoms with E-state index in [4.69, 9.17) is 10.5 Å². The Hall–Kier alpha value is -1.03. The number of hydrogen-bond acceptors (Lipinski definition) is 3. The molecule has 2 rings (SSSR count). The SMILES string of the molecule is COCCn1nc(C2CC2)cc1N. The number of hydrogen-bond donors (Lipinski definition) is 1. The van der Waals surface area contributed by atoms with E-state index >= 15 is 0 Å². The van der Waals surface area contributed by atoms with Crippen molar-refractivity contribution in [3.8, 4) is 0 Å². The summed E-state index contributed by atoms with van der Waals surface area (Å²) in [6, 6.07) is 1.98. The molecule has 0 atom stereocenters. The Morgan fingerprint density at radius 3 is 3.08 bits per heavy atom. The smallest absolute Gasteiger partial charge is 0.122 e. The van der Waals surface area contributed by atoms with Crippen LogP contribution in [0.5, 0.6) is 0 Å². The Kier molecular flexibility index (Phi) is 2.22. The molecule has 1 aliphatic rings. The zero-order chi connectivity index (χ0) is 9.26. The van der Waals surface area contributed by atoms with Gasteiger partial charge in [-0.25, -0.2) is 4.68 Å². The van der Waals surface area contributed by atoms with Crippen LogP contribution < -0.4 is 5.73 Å². The molecule has 4 nitrogen and oxygen atoms in total. The number of nitrogens with two attached hydrogens (primary N) is 1. The molecule has 1 aromatic rings. The first-order valence-electron chi connectivity index (χ1n) is 4.63. The second-order valence-corrected chi connectivity index (χ2v) is 3.48. The fraction of sp³-hybridized carbons (Fsp3) is 0.667. The molecule has 0 spiro atoms. The van der Waals surface area contributed by atoms with Crippen LogP contribution in [0.2, 0.25) is 0 Å². The lowest BCUT2D eigenvalue weighted by Crippen LogP contribution is -2.08. The quantitative estimate of drug-likeness (QED) is 0.753. The van der Waals surface area contributed by atoms with Crippen molar-refractivity contribution in [3.63, 3.8) is 0 Å². The van der Waals surface area contributed by atoms with E-state index in [0.717, 1.165) is 18.1 Å². The third-order valence-electron chi connectivity index (χ3n) is 2.33. The van der Waals surface area contributed by atoms with Crippen LogP contribution in [0.3, 0.4) is 0 Å². The highest BCUT2D eigenvalue weighted by Gasteiger charge is 2.26. The third kappa shape index (κ3) is 1.83. The molecule has 0 amide bonds. The van der Waals surface area contributed by atoms with Crippen LogP contribution in [0.1, 0.15) is 24.5 Å². The lowest BCUT2D eigenvalue weighted by Gasteiger charge is -2.01. The maximum atomic E-state index is 5.79. The second kappa shape index (κ2) is 3.38. The van der Waals surface area contributed by atoms with Crippen molar-refractivity contribution < 1.29 is 4.74 Å². The van der Waals surface area contributed by atoms with Crippen LogP contribution >= 0.6 is 0 Å². The highest BCUT2D eigenvalue weighted by Crippen LogP contribution is 2.39. The van der Waals surface area contributed by atoms with E-state index < -0.39 is 0 Å². The van der Waals surface area contributed by atoms with Gasteiger partial charge >= 0.3 is 0 Å². The Morgan fingerprint density at radius 2 is 2.46 bits per heavy atom. The number of nitrogens with zero attached hydrogens (tertiary/aromatic N) is 2. The lowest BCUT2D eigenvalue weighted by atomic mass is 10.3. The number of nitrogen functional groups attached to an aromatic ring is 1. The van der Waals surface area contributed by atoms with Crippen LogP contribution in [0, 0.1) is 0 Å². The first-order chi connectivity index (χ1) is 6.31. The molecule has 1 saturated carbocycles. The fourth-order valence-corrected chi connectivity index (χ4v) is 1.39. The molecule has 72 valence electrons. The van der Waals surface area contributed by atoms with Crippen LogP contribution in [0.15, 0.2) is 6.07 Å². The summed E-state index contributed by atoms with van der Waals surface area (Å²) in [7, 11) is 1.68. The van der Waals surface area contributed by atoms with Gasteiger partial charge in [0.2, 0.25) is 0 Å². The summed E-state index contributed by atoms with van der Waals surface area (Å²) in [4.78, 5) is 0. The van der Waals surface area contributed by atoms with Crippen LogP contribution in [-0.4, -0.2) is 23.5 Å². The molecular weight excluding hydrogens is 166 g/mol. The predicted octanol–water partition coefficient (Wildman–Crippen LogP) is 0.989. The van der Waals surface area contributed by atoms with Crippen molar-refractivity contribution in [2.24, 2.45) is 0 Å². The molecule has 0 radical (unpaired) electrons. The Labute approximate surface area is 77.7 Å². The van der Waals surface area contributed by atoms with Gasteiger partial charge in [0.05, 0.1) is 18.8 Å². The Bertz CT molecular complexity index is 291. The number of ether oxygens (including phenoxy) is 1. The standard InChI is InChI=1S/C9H15N3O/c1-13-5-4-12-9(10)6-8(11-12)7-2-3-7/h6-7H,2-5,10H2,1H3. The molecule has 0 aliphatic heterocycles. The first kappa shape index (κ1) is 8.56. The zero-order valence-electron chi connectivity index (χ0n) is 7.86. The van der Waals surface area contributed by atoms with E-state index in [0.29, 0.717) is 12.5 Å². The van der Waals surface area contributed by atoms with Crippen molar-refractivity contribution in [2.75, 3.05) is 19.5 Å². The average Bonchev–Trinajstić information content (AvgIpc) is 2.89. The van der Waals surface area contributed by atoms with Gasteiger partial charge in [0.25, 0.3) is 0 Å². The van der Waals surface area contributed by atoms with Crippen molar-refractivity contribution in [3.05, 3.63) is 11.8 Å². The average molecular weight is 181 g/mol. The van der Waals surface area contributed by atoms with E-state index in [1.165, 1.54) is 12.8 Å². The van der Waals surface area contributed by atoms with Crippen molar-refractivity contribution >= 4 is 5.82 Å². The molecular formula is C9H15N3O. The van der Waals surface area contributed by atoms with Gasteiger partial charge < -0.3 is 10.5 Å². The van der Waals surface area contributed by atoms with Crippen molar-refractivity contribution in [1.29, 1.82) is 0 Å².